The van der Waals surface area contributed by atoms with Gasteiger partial charge in [0, 0.05) is 38.3 Å². The van der Waals surface area contributed by atoms with Crippen molar-refractivity contribution in [2.45, 2.75) is 39.0 Å². The number of hydrogen-bond acceptors (Lipinski definition) is 5. The number of piperidine rings is 1. The zero-order chi connectivity index (χ0) is 19.2. The quantitative estimate of drug-likeness (QED) is 0.635. The average Bonchev–Trinajstić information content (AvgIpc) is 3.50. The van der Waals surface area contributed by atoms with Gasteiger partial charge < -0.3 is 14.5 Å². The number of carbonyl (C=O) groups is 2. The summed E-state index contributed by atoms with van der Waals surface area (Å²) in [6.45, 7) is 5.03. The van der Waals surface area contributed by atoms with E-state index in [1.807, 2.05) is 17.0 Å². The van der Waals surface area contributed by atoms with Crippen molar-refractivity contribution in [2.24, 2.45) is 11.8 Å². The number of halogens is 1. The lowest BCUT2D eigenvalue weighted by atomic mass is 9.95. The summed E-state index contributed by atoms with van der Waals surface area (Å²) in [5.74, 6) is 1.50. The fourth-order valence-electron chi connectivity index (χ4n) is 3.53. The van der Waals surface area contributed by atoms with E-state index in [9.17, 15) is 9.59 Å². The van der Waals surface area contributed by atoms with Crippen LogP contribution in [0.3, 0.4) is 0 Å². The number of esters is 1. The Hall–Kier alpha value is -1.82. The molecule has 2 aliphatic rings. The molecule has 1 aromatic heterocycles. The molecule has 6 nitrogen and oxygen atoms in total. The van der Waals surface area contributed by atoms with Gasteiger partial charge in [0.25, 0.3) is 0 Å². The summed E-state index contributed by atoms with van der Waals surface area (Å²) in [6.07, 6.45) is 5.92. The van der Waals surface area contributed by atoms with Crippen LogP contribution in [0.1, 0.15) is 39.0 Å². The fourth-order valence-corrected chi connectivity index (χ4v) is 3.64. The number of carbonyl (C=O) groups excluding carboxylic acids is 2. The normalized spacial score (nSPS) is 17.6. The van der Waals surface area contributed by atoms with Crippen LogP contribution in [0.5, 0.6) is 0 Å². The molecular formula is C20H28ClN3O3. The van der Waals surface area contributed by atoms with Gasteiger partial charge in [0.15, 0.2) is 0 Å². The van der Waals surface area contributed by atoms with Crippen molar-refractivity contribution in [2.75, 3.05) is 37.7 Å². The Labute approximate surface area is 165 Å². The van der Waals surface area contributed by atoms with E-state index >= 15 is 0 Å². The van der Waals surface area contributed by atoms with Gasteiger partial charge in [-0.2, -0.15) is 0 Å². The molecule has 1 aliphatic carbocycles. The molecular weight excluding hydrogens is 366 g/mol. The maximum atomic E-state index is 13.0. The minimum Gasteiger partial charge on any atom is -0.466 e. The summed E-state index contributed by atoms with van der Waals surface area (Å²) in [5, 5.41) is 0.626. The zero-order valence-electron chi connectivity index (χ0n) is 15.9. The van der Waals surface area contributed by atoms with Gasteiger partial charge in [-0.15, -0.1) is 0 Å². The third kappa shape index (κ3) is 5.83. The number of amides is 1. The number of pyridine rings is 1. The van der Waals surface area contributed by atoms with Gasteiger partial charge >= 0.3 is 5.97 Å². The van der Waals surface area contributed by atoms with Crippen LogP contribution in [0.2, 0.25) is 5.02 Å². The topological polar surface area (TPSA) is 62.7 Å². The summed E-state index contributed by atoms with van der Waals surface area (Å²) in [4.78, 5) is 33.2. The molecule has 1 saturated carbocycles. The van der Waals surface area contributed by atoms with Gasteiger partial charge in [0.2, 0.25) is 5.91 Å². The molecule has 2 heterocycles. The van der Waals surface area contributed by atoms with E-state index in [1.165, 1.54) is 12.8 Å². The molecule has 0 unspecified atom stereocenters. The van der Waals surface area contributed by atoms with E-state index < -0.39 is 0 Å². The van der Waals surface area contributed by atoms with E-state index in [0.29, 0.717) is 24.1 Å². The van der Waals surface area contributed by atoms with E-state index in [2.05, 4.69) is 9.88 Å². The molecule has 0 N–H and O–H groups in total. The van der Waals surface area contributed by atoms with Crippen LogP contribution in [0, 0.1) is 11.8 Å². The zero-order valence-corrected chi connectivity index (χ0v) is 16.7. The standard InChI is InChI=1S/C20H28ClN3O3/c1-2-27-19(25)9-12-24(14-15-3-4-15)20(26)16-7-10-23(11-8-16)18-6-5-17(21)13-22-18/h5-6,13,15-16H,2-4,7-12,14H2,1H3. The SMILES string of the molecule is CCOC(=O)CCN(CC1CC1)C(=O)C1CCN(c2ccc(Cl)cn2)CC1. The third-order valence-electron chi connectivity index (χ3n) is 5.26. The predicted molar refractivity (Wildman–Crippen MR) is 105 cm³/mol. The molecule has 1 aliphatic heterocycles. The van der Waals surface area contributed by atoms with Crippen molar-refractivity contribution in [3.05, 3.63) is 23.4 Å². The number of aromatic nitrogens is 1. The number of anilines is 1. The van der Waals surface area contributed by atoms with E-state index in [0.717, 1.165) is 38.3 Å². The van der Waals surface area contributed by atoms with Crippen LogP contribution in [-0.4, -0.2) is 54.5 Å². The van der Waals surface area contributed by atoms with Crippen LogP contribution in [-0.2, 0) is 14.3 Å². The summed E-state index contributed by atoms with van der Waals surface area (Å²) < 4.78 is 5.01. The van der Waals surface area contributed by atoms with Crippen molar-refractivity contribution in [3.63, 3.8) is 0 Å². The molecule has 7 heteroatoms. The first-order valence-corrected chi connectivity index (χ1v) is 10.3. The van der Waals surface area contributed by atoms with Crippen molar-refractivity contribution in [3.8, 4) is 0 Å². The molecule has 1 saturated heterocycles. The largest absolute Gasteiger partial charge is 0.466 e. The lowest BCUT2D eigenvalue weighted by Crippen LogP contribution is -2.44. The second-order valence-electron chi connectivity index (χ2n) is 7.38. The summed E-state index contributed by atoms with van der Waals surface area (Å²) in [5.41, 5.74) is 0. The molecule has 0 radical (unpaired) electrons. The molecule has 0 bridgehead atoms. The van der Waals surface area contributed by atoms with Crippen LogP contribution in [0.15, 0.2) is 18.3 Å². The molecule has 3 rings (SSSR count). The minimum absolute atomic E-state index is 0.0227. The Balaban J connectivity index is 1.53. The lowest BCUT2D eigenvalue weighted by Gasteiger charge is -2.35. The first-order chi connectivity index (χ1) is 13.1. The van der Waals surface area contributed by atoms with Gasteiger partial charge in [0.1, 0.15) is 5.82 Å². The highest BCUT2D eigenvalue weighted by atomic mass is 35.5. The Bertz CT molecular complexity index is 640. The highest BCUT2D eigenvalue weighted by molar-refractivity contribution is 6.30. The maximum Gasteiger partial charge on any atom is 0.307 e. The molecule has 27 heavy (non-hydrogen) atoms. The molecule has 0 atom stereocenters. The second-order valence-corrected chi connectivity index (χ2v) is 7.82. The van der Waals surface area contributed by atoms with E-state index in [1.54, 1.807) is 13.1 Å². The van der Waals surface area contributed by atoms with Crippen molar-refractivity contribution in [1.82, 2.24) is 9.88 Å². The summed E-state index contributed by atoms with van der Waals surface area (Å²) in [6, 6.07) is 3.76. The number of ether oxygens (including phenoxy) is 1. The summed E-state index contributed by atoms with van der Waals surface area (Å²) >= 11 is 5.90. The van der Waals surface area contributed by atoms with Gasteiger partial charge in [-0.3, -0.25) is 9.59 Å². The number of hydrogen-bond donors (Lipinski definition) is 0. The van der Waals surface area contributed by atoms with Crippen LogP contribution in [0.25, 0.3) is 0 Å². The molecule has 1 aromatic rings. The van der Waals surface area contributed by atoms with Crippen LogP contribution in [0.4, 0.5) is 5.82 Å². The smallest absolute Gasteiger partial charge is 0.307 e. The minimum atomic E-state index is -0.227. The molecule has 1 amide bonds. The van der Waals surface area contributed by atoms with Gasteiger partial charge in [-0.1, -0.05) is 11.6 Å². The van der Waals surface area contributed by atoms with E-state index in [4.69, 9.17) is 16.3 Å². The molecule has 0 aromatic carbocycles. The summed E-state index contributed by atoms with van der Waals surface area (Å²) in [7, 11) is 0. The monoisotopic (exact) mass is 393 g/mol. The highest BCUT2D eigenvalue weighted by Gasteiger charge is 2.32. The van der Waals surface area contributed by atoms with Crippen molar-refractivity contribution in [1.29, 1.82) is 0 Å². The first-order valence-electron chi connectivity index (χ1n) is 9.87. The third-order valence-corrected chi connectivity index (χ3v) is 5.48. The maximum absolute atomic E-state index is 13.0. The van der Waals surface area contributed by atoms with Crippen molar-refractivity contribution < 1.29 is 14.3 Å². The van der Waals surface area contributed by atoms with E-state index in [-0.39, 0.29) is 24.2 Å². The Morgan fingerprint density at radius 2 is 2.00 bits per heavy atom. The molecule has 148 valence electrons. The number of nitrogens with zero attached hydrogens (tertiary/aromatic N) is 3. The van der Waals surface area contributed by atoms with Gasteiger partial charge in [-0.05, 0) is 50.7 Å². The van der Waals surface area contributed by atoms with Crippen LogP contribution < -0.4 is 4.90 Å². The number of rotatable bonds is 8. The Morgan fingerprint density at radius 3 is 2.59 bits per heavy atom. The van der Waals surface area contributed by atoms with Gasteiger partial charge in [0.05, 0.1) is 18.1 Å². The molecule has 0 spiro atoms. The Kier molecular flexibility index (Phi) is 6.94. The van der Waals surface area contributed by atoms with Gasteiger partial charge in [-0.25, -0.2) is 4.98 Å². The Morgan fingerprint density at radius 1 is 1.26 bits per heavy atom. The highest BCUT2D eigenvalue weighted by Crippen LogP contribution is 2.31. The van der Waals surface area contributed by atoms with Crippen LogP contribution >= 0.6 is 11.6 Å². The van der Waals surface area contributed by atoms with Crippen molar-refractivity contribution >= 4 is 29.3 Å². The predicted octanol–water partition coefficient (Wildman–Crippen LogP) is 3.14. The average molecular weight is 394 g/mol. The first kappa shape index (κ1) is 19.9. The lowest BCUT2D eigenvalue weighted by molar-refractivity contribution is -0.144. The fraction of sp³-hybridized carbons (Fsp3) is 0.650. The second kappa shape index (κ2) is 9.40. The molecule has 2 fully saturated rings.